The van der Waals surface area contributed by atoms with Crippen molar-refractivity contribution < 1.29 is 51.1 Å². The average molecular weight is 1410 g/mol. The van der Waals surface area contributed by atoms with E-state index in [0.717, 1.165) is 74.9 Å². The zero-order chi connectivity index (χ0) is 70.7. The Morgan fingerprint density at radius 2 is 1.13 bits per heavy atom. The number of carbonyl (C=O) groups excluding carboxylic acids is 2. The van der Waals surface area contributed by atoms with Crippen LogP contribution in [0.15, 0.2) is 178 Å². The molecule has 0 bridgehead atoms. The van der Waals surface area contributed by atoms with Gasteiger partial charge in [0.2, 0.25) is 26.0 Å². The first-order valence-corrected chi connectivity index (χ1v) is 41.9. The van der Waals surface area contributed by atoms with Crippen LogP contribution in [0.25, 0.3) is 38.2 Å². The summed E-state index contributed by atoms with van der Waals surface area (Å²) in [5, 5.41) is 50.1. The van der Waals surface area contributed by atoms with Gasteiger partial charge in [0.25, 0.3) is 0 Å². The van der Waals surface area contributed by atoms with Gasteiger partial charge in [0.1, 0.15) is 0 Å². The predicted octanol–water partition coefficient (Wildman–Crippen LogP) is 7.78. The number of nitrogens with zero attached hydrogens (tertiary/aromatic N) is 6. The van der Waals surface area contributed by atoms with Crippen molar-refractivity contribution in [3.05, 3.63) is 207 Å². The number of allylic oxidation sites excluding steroid dienone is 6. The molecule has 1 heterocycles. The Balaban J connectivity index is 1.29. The van der Waals surface area contributed by atoms with E-state index in [4.69, 9.17) is 0 Å². The Morgan fingerprint density at radius 1 is 0.598 bits per heavy atom. The SMILES string of the molecule is C=C(C)C(=O)CCCCN(Cc1cc(S(=O)(=O)N(C)C)ccc1B(O)O)Cc1c2ccccc2c(CN(CCCNC(=O)C(=C)C)Cc2cc(S(=O)(=O)N(C)C)ccc2B(O)O)c2ccc(-c3ccc(C)c(C4=C5C=CC(=[N+](C)C)C=[C]5[Ge]([CH3])([CH3])[c]5cc(N(C)C)ccc54)c3)cc12. The number of sulfonamides is 2. The topological polar surface area (TPSA) is 215 Å². The second-order valence-electron chi connectivity index (χ2n) is 27.1. The van der Waals surface area contributed by atoms with Crippen LogP contribution in [0.1, 0.15) is 78.5 Å². The quantitative estimate of drug-likeness (QED) is 0.0104. The van der Waals surface area contributed by atoms with Crippen LogP contribution in [0.3, 0.4) is 0 Å². The van der Waals surface area contributed by atoms with Gasteiger partial charge >= 0.3 is 272 Å². The molecule has 0 saturated heterocycles. The van der Waals surface area contributed by atoms with Gasteiger partial charge in [0.05, 0.1) is 9.79 Å². The first-order chi connectivity index (χ1) is 45.7. The molecule has 17 nitrogen and oxygen atoms in total. The van der Waals surface area contributed by atoms with E-state index in [-0.39, 0.29) is 71.6 Å². The van der Waals surface area contributed by atoms with Crippen molar-refractivity contribution >= 4 is 113 Å². The fourth-order valence-electron chi connectivity index (χ4n) is 13.2. The van der Waals surface area contributed by atoms with Gasteiger partial charge in [-0.1, -0.05) is 43.5 Å². The number of rotatable bonds is 28. The summed E-state index contributed by atoms with van der Waals surface area (Å²) in [6.07, 6.45) is 8.73. The summed E-state index contributed by atoms with van der Waals surface area (Å²) in [7, 11) is 2.32. The Hall–Kier alpha value is -7.38. The van der Waals surface area contributed by atoms with E-state index in [1.165, 1.54) is 90.1 Å². The maximum absolute atomic E-state index is 13.8. The molecule has 97 heavy (non-hydrogen) atoms. The molecule has 1 amide bonds. The number of carbonyl (C=O) groups is 2. The standard InChI is InChI=1S/C75H91B2GeN7O10S2/c1-49(2)73(86)23-18-19-37-84(45-54-39-58(96(92,93)82(12)13)29-34-69(54)76(88)89)48-68-61-22-17-16-21-60(61)67(47-85(38-20-36-79-75(87)50(3)4)46-55-40-59(97(94,95)83(14)15)30-35-70(55)77(90)91)62-31-26-53(42-66(62)68)52-25-24-51(5)65(41-52)74-63-32-27-56(80(8)9)43-71(63)78(6,7)72-44-57(81(10)11)28-33-64(72)74/h16-17,21-22,24-35,39-44,88-91H,1,3,18-20,23,36-38,45-48H2,2,4-15H3/p+1. The molecule has 1 aliphatic heterocycles. The Kier molecular flexibility index (Phi) is 23.1. The molecule has 0 fully saturated rings. The van der Waals surface area contributed by atoms with Crippen molar-refractivity contribution in [3.8, 4) is 11.1 Å². The van der Waals surface area contributed by atoms with Crippen LogP contribution in [-0.2, 0) is 55.8 Å². The molecule has 5 N–H and O–H groups in total. The number of benzene rings is 7. The number of aryl methyl sites for hydroxylation is 1. The molecular formula is C75H92B2GeN7O10S2+. The van der Waals surface area contributed by atoms with E-state index in [9.17, 15) is 46.5 Å². The van der Waals surface area contributed by atoms with E-state index in [1.807, 2.05) is 12.1 Å². The molecule has 508 valence electrons. The molecule has 2 aliphatic rings. The second kappa shape index (κ2) is 30.4. The summed E-state index contributed by atoms with van der Waals surface area (Å²) >= 11 is -2.98. The minimum atomic E-state index is -3.97. The number of ketones is 1. The number of Topliss-reactive ketones (excluding diaryl/α,β-unsaturated/α-hetero) is 1. The van der Waals surface area contributed by atoms with Crippen LogP contribution in [0.2, 0.25) is 11.5 Å². The fraction of sp³-hybridized carbons (Fsp3) is 0.320. The monoisotopic (exact) mass is 1410 g/mol. The molecule has 0 saturated carbocycles. The summed E-state index contributed by atoms with van der Waals surface area (Å²) in [6.45, 7) is 15.0. The zero-order valence-corrected chi connectivity index (χ0v) is 62.0. The second-order valence-corrected chi connectivity index (χ2v) is 40.4. The molecule has 22 heteroatoms. The molecule has 1 aliphatic carbocycles. The number of amides is 1. The summed E-state index contributed by atoms with van der Waals surface area (Å²) in [5.74, 6) is 4.65. The zero-order valence-electron chi connectivity index (χ0n) is 58.3. The van der Waals surface area contributed by atoms with Gasteiger partial charge < -0.3 is 25.4 Å². The maximum atomic E-state index is 13.8. The Bertz CT molecular complexity index is 4650. The van der Waals surface area contributed by atoms with Crippen molar-refractivity contribution in [2.75, 3.05) is 80.9 Å². The normalized spacial score (nSPS) is 13.8. The van der Waals surface area contributed by atoms with E-state index in [1.54, 1.807) is 13.8 Å². The van der Waals surface area contributed by atoms with Crippen molar-refractivity contribution in [2.24, 2.45) is 0 Å². The van der Waals surface area contributed by atoms with Gasteiger partial charge in [-0.2, -0.15) is 0 Å². The molecule has 7 aromatic rings. The summed E-state index contributed by atoms with van der Waals surface area (Å²) < 4.78 is 62.2. The van der Waals surface area contributed by atoms with Crippen LogP contribution >= 0.6 is 0 Å². The third kappa shape index (κ3) is 16.0. The van der Waals surface area contributed by atoms with E-state index in [0.29, 0.717) is 54.6 Å². The van der Waals surface area contributed by atoms with Crippen molar-refractivity contribution in [2.45, 2.75) is 93.9 Å². The van der Waals surface area contributed by atoms with E-state index >= 15 is 0 Å². The molecule has 0 spiro atoms. The average Bonchev–Trinajstić information content (AvgIpc) is 0.723. The summed E-state index contributed by atoms with van der Waals surface area (Å²) in [4.78, 5) is 32.3. The third-order valence-corrected chi connectivity index (χ3v) is 29.8. The molecular weight excluding hydrogens is 1320 g/mol. The van der Waals surface area contributed by atoms with Crippen molar-refractivity contribution in [1.29, 1.82) is 0 Å². The predicted molar refractivity (Wildman–Crippen MR) is 398 cm³/mol. The van der Waals surface area contributed by atoms with Gasteiger partial charge in [-0.25, -0.2) is 25.4 Å². The van der Waals surface area contributed by atoms with E-state index in [2.05, 4.69) is 169 Å². The van der Waals surface area contributed by atoms with Crippen LogP contribution in [0.4, 0.5) is 5.69 Å². The Morgan fingerprint density at radius 3 is 1.66 bits per heavy atom. The Labute approximate surface area is 576 Å². The number of hydrogen-bond acceptors (Lipinski definition) is 13. The summed E-state index contributed by atoms with van der Waals surface area (Å²) in [5.41, 5.74) is 13.8. The van der Waals surface area contributed by atoms with Gasteiger partial charge in [0, 0.05) is 66.4 Å². The minimum absolute atomic E-state index is 0.0119. The molecule has 7 aromatic carbocycles. The van der Waals surface area contributed by atoms with Crippen LogP contribution in [0, 0.1) is 6.92 Å². The molecule has 0 radical (unpaired) electrons. The number of fused-ring (bicyclic) bond motifs is 4. The van der Waals surface area contributed by atoms with Gasteiger partial charge in [0.15, 0.2) is 5.78 Å². The van der Waals surface area contributed by atoms with E-state index < -0.39 is 47.5 Å². The first kappa shape index (κ1) is 73.9. The molecule has 9 rings (SSSR count). The third-order valence-electron chi connectivity index (χ3n) is 18.8. The van der Waals surface area contributed by atoms with Crippen LogP contribution in [-0.4, -0.2) is 181 Å². The molecule has 0 aromatic heterocycles. The van der Waals surface area contributed by atoms with Gasteiger partial charge in [-0.05, 0) is 91.5 Å². The van der Waals surface area contributed by atoms with Crippen molar-refractivity contribution in [1.82, 2.24) is 23.7 Å². The molecule has 0 unspecified atom stereocenters. The number of nitrogens with one attached hydrogen (secondary N) is 1. The van der Waals surface area contributed by atoms with Crippen molar-refractivity contribution in [3.63, 3.8) is 0 Å². The number of anilines is 1. The number of hydrogen-bond donors (Lipinski definition) is 5. The van der Waals surface area contributed by atoms with Crippen LogP contribution in [0.5, 0.6) is 0 Å². The van der Waals surface area contributed by atoms with Crippen LogP contribution < -0.4 is 25.5 Å². The molecule has 0 atom stereocenters. The number of unbranched alkanes of at least 4 members (excludes halogenated alkanes) is 1. The fourth-order valence-corrected chi connectivity index (χ4v) is 21.5. The summed E-state index contributed by atoms with van der Waals surface area (Å²) in [6, 6.07) is 36.9. The van der Waals surface area contributed by atoms with Gasteiger partial charge in [-0.3, -0.25) is 14.5 Å². The van der Waals surface area contributed by atoms with Gasteiger partial charge in [-0.15, -0.1) is 0 Å². The first-order valence-electron chi connectivity index (χ1n) is 32.7.